The van der Waals surface area contributed by atoms with Crippen molar-refractivity contribution in [1.29, 1.82) is 0 Å². The molecule has 0 radical (unpaired) electrons. The van der Waals surface area contributed by atoms with Crippen LogP contribution in [0.4, 0.5) is 0 Å². The fraction of sp³-hybridized carbons (Fsp3) is 0.500. The normalized spacial score (nSPS) is 31.0. The molecule has 4 rings (SSSR count). The van der Waals surface area contributed by atoms with Crippen molar-refractivity contribution in [2.45, 2.75) is 71.1 Å². The molecule has 0 heterocycles. The van der Waals surface area contributed by atoms with Gasteiger partial charge in [-0.2, -0.15) is 0 Å². The second-order valence-corrected chi connectivity index (χ2v) is 8.24. The highest BCUT2D eigenvalue weighted by Gasteiger charge is 2.46. The molecule has 2 bridgehead atoms. The highest BCUT2D eigenvalue weighted by atomic mass is 14.5. The van der Waals surface area contributed by atoms with Crippen LogP contribution in [0, 0.1) is 12.3 Å². The monoisotopic (exact) mass is 320 g/mol. The summed E-state index contributed by atoms with van der Waals surface area (Å²) in [7, 11) is 0. The standard InChI is InChI=1S/C24H32/c1-5-19(2)7-10-21(4)23-13-6-14-24(17-15-23,18-16-23)22-11-8-20(3)9-12-22/h5,7-12H,1,6,13-18H2,2-4H3. The molecule has 0 spiro atoms. The van der Waals surface area contributed by atoms with E-state index >= 15 is 0 Å². The quantitative estimate of drug-likeness (QED) is 0.521. The molecule has 0 nitrogen and oxygen atoms in total. The Kier molecular flexibility index (Phi) is 4.85. The van der Waals surface area contributed by atoms with Crippen LogP contribution in [-0.2, 0) is 5.41 Å². The Morgan fingerprint density at radius 3 is 2.21 bits per heavy atom. The van der Waals surface area contributed by atoms with Crippen molar-refractivity contribution in [3.05, 3.63) is 71.3 Å². The lowest BCUT2D eigenvalue weighted by Crippen LogP contribution is -2.34. The molecule has 0 aromatic heterocycles. The van der Waals surface area contributed by atoms with Gasteiger partial charge in [0.1, 0.15) is 0 Å². The van der Waals surface area contributed by atoms with E-state index in [0.717, 1.165) is 0 Å². The fourth-order valence-electron chi connectivity index (χ4n) is 4.91. The number of fused-ring (bicyclic) bond motifs is 4. The van der Waals surface area contributed by atoms with Gasteiger partial charge in [-0.1, -0.05) is 72.2 Å². The maximum absolute atomic E-state index is 3.86. The highest BCUT2D eigenvalue weighted by Crippen LogP contribution is 2.57. The number of allylic oxidation sites excluding steroid dienone is 5. The molecule has 3 aliphatic carbocycles. The summed E-state index contributed by atoms with van der Waals surface area (Å²) in [4.78, 5) is 0. The molecular weight excluding hydrogens is 288 g/mol. The minimum atomic E-state index is 0.445. The zero-order valence-electron chi connectivity index (χ0n) is 15.7. The fourth-order valence-corrected chi connectivity index (χ4v) is 4.91. The smallest absolute Gasteiger partial charge is 0.00463 e. The maximum Gasteiger partial charge on any atom is -0.00463 e. The van der Waals surface area contributed by atoms with Crippen LogP contribution in [-0.4, -0.2) is 0 Å². The Hall–Kier alpha value is -1.56. The molecule has 0 unspecified atom stereocenters. The lowest BCUT2D eigenvalue weighted by atomic mass is 9.60. The van der Waals surface area contributed by atoms with Crippen molar-refractivity contribution in [2.75, 3.05) is 0 Å². The van der Waals surface area contributed by atoms with E-state index in [2.05, 4.69) is 63.8 Å². The van der Waals surface area contributed by atoms with Crippen LogP contribution in [0.2, 0.25) is 0 Å². The van der Waals surface area contributed by atoms with Gasteiger partial charge in [0.15, 0.2) is 0 Å². The number of aryl methyl sites for hydroxylation is 1. The number of hydrogen-bond acceptors (Lipinski definition) is 0. The van der Waals surface area contributed by atoms with Gasteiger partial charge in [-0.3, -0.25) is 0 Å². The van der Waals surface area contributed by atoms with Gasteiger partial charge in [0.2, 0.25) is 0 Å². The van der Waals surface area contributed by atoms with E-state index in [1.165, 1.54) is 56.1 Å². The van der Waals surface area contributed by atoms with Crippen molar-refractivity contribution in [3.8, 4) is 0 Å². The van der Waals surface area contributed by atoms with Crippen LogP contribution in [0.15, 0.2) is 60.2 Å². The Bertz CT molecular complexity index is 646. The van der Waals surface area contributed by atoms with Crippen LogP contribution in [0.3, 0.4) is 0 Å². The van der Waals surface area contributed by atoms with E-state index in [1.807, 2.05) is 6.08 Å². The van der Waals surface area contributed by atoms with E-state index in [1.54, 1.807) is 11.1 Å². The van der Waals surface area contributed by atoms with Gasteiger partial charge in [0, 0.05) is 0 Å². The molecule has 0 heteroatoms. The average molecular weight is 321 g/mol. The molecule has 1 aromatic carbocycles. The first-order valence-corrected chi connectivity index (χ1v) is 9.55. The summed E-state index contributed by atoms with van der Waals surface area (Å²) >= 11 is 0. The first-order valence-electron chi connectivity index (χ1n) is 9.55. The molecule has 0 N–H and O–H groups in total. The van der Waals surface area contributed by atoms with Crippen LogP contribution in [0.5, 0.6) is 0 Å². The number of hydrogen-bond donors (Lipinski definition) is 0. The summed E-state index contributed by atoms with van der Waals surface area (Å²) in [5.41, 5.74) is 6.70. The van der Waals surface area contributed by atoms with Gasteiger partial charge in [-0.05, 0) is 75.7 Å². The Morgan fingerprint density at radius 1 is 0.917 bits per heavy atom. The number of benzene rings is 1. The average Bonchev–Trinajstić information content (AvgIpc) is 2.92. The summed E-state index contributed by atoms with van der Waals surface area (Å²) in [6, 6.07) is 9.38. The van der Waals surface area contributed by atoms with Crippen molar-refractivity contribution >= 4 is 0 Å². The Morgan fingerprint density at radius 2 is 1.58 bits per heavy atom. The third-order valence-electron chi connectivity index (χ3n) is 6.89. The van der Waals surface area contributed by atoms with Gasteiger partial charge in [-0.25, -0.2) is 0 Å². The van der Waals surface area contributed by atoms with Gasteiger partial charge < -0.3 is 0 Å². The van der Waals surface area contributed by atoms with Crippen LogP contribution in [0.1, 0.15) is 69.9 Å². The summed E-state index contributed by atoms with van der Waals surface area (Å²) in [6.07, 6.45) is 16.0. The Balaban J connectivity index is 1.84. The molecule has 0 atom stereocenters. The van der Waals surface area contributed by atoms with Gasteiger partial charge >= 0.3 is 0 Å². The molecule has 0 saturated heterocycles. The highest BCUT2D eigenvalue weighted by molar-refractivity contribution is 5.33. The first kappa shape index (κ1) is 17.3. The van der Waals surface area contributed by atoms with Crippen molar-refractivity contribution in [2.24, 2.45) is 5.41 Å². The molecule has 0 aliphatic heterocycles. The maximum atomic E-state index is 3.86. The topological polar surface area (TPSA) is 0 Å². The molecule has 1 aromatic rings. The predicted octanol–water partition coefficient (Wildman–Crippen LogP) is 7.06. The third kappa shape index (κ3) is 3.16. The van der Waals surface area contributed by atoms with E-state index in [0.29, 0.717) is 10.8 Å². The predicted molar refractivity (Wildman–Crippen MR) is 105 cm³/mol. The van der Waals surface area contributed by atoms with Gasteiger partial charge in [-0.15, -0.1) is 0 Å². The summed E-state index contributed by atoms with van der Waals surface area (Å²) in [5, 5.41) is 0. The second-order valence-electron chi connectivity index (χ2n) is 8.24. The van der Waals surface area contributed by atoms with Gasteiger partial charge in [0.05, 0.1) is 0 Å². The zero-order valence-corrected chi connectivity index (χ0v) is 15.7. The third-order valence-corrected chi connectivity index (χ3v) is 6.89. The first-order chi connectivity index (χ1) is 11.5. The summed E-state index contributed by atoms with van der Waals surface area (Å²) in [5.74, 6) is 0. The van der Waals surface area contributed by atoms with Crippen LogP contribution >= 0.6 is 0 Å². The molecule has 128 valence electrons. The van der Waals surface area contributed by atoms with Gasteiger partial charge in [0.25, 0.3) is 0 Å². The molecule has 0 amide bonds. The molecule has 3 saturated carbocycles. The van der Waals surface area contributed by atoms with Crippen molar-refractivity contribution < 1.29 is 0 Å². The largest absolute Gasteiger partial charge is 0.0988 e. The van der Waals surface area contributed by atoms with E-state index in [-0.39, 0.29) is 0 Å². The number of rotatable bonds is 4. The minimum Gasteiger partial charge on any atom is -0.0988 e. The molecular formula is C24H32. The second kappa shape index (κ2) is 6.75. The van der Waals surface area contributed by atoms with Crippen molar-refractivity contribution in [1.82, 2.24) is 0 Å². The lowest BCUT2D eigenvalue weighted by Gasteiger charge is -2.44. The van der Waals surface area contributed by atoms with Crippen LogP contribution in [0.25, 0.3) is 0 Å². The molecule has 24 heavy (non-hydrogen) atoms. The van der Waals surface area contributed by atoms with Crippen molar-refractivity contribution in [3.63, 3.8) is 0 Å². The molecule has 3 aliphatic rings. The lowest BCUT2D eigenvalue weighted by molar-refractivity contribution is 0.188. The summed E-state index contributed by atoms with van der Waals surface area (Å²) < 4.78 is 0. The Labute approximate surface area is 148 Å². The minimum absolute atomic E-state index is 0.445. The van der Waals surface area contributed by atoms with E-state index in [4.69, 9.17) is 0 Å². The van der Waals surface area contributed by atoms with E-state index < -0.39 is 0 Å². The zero-order chi connectivity index (χ0) is 17.2. The summed E-state index contributed by atoms with van der Waals surface area (Å²) in [6.45, 7) is 10.5. The van der Waals surface area contributed by atoms with E-state index in [9.17, 15) is 0 Å². The SMILES string of the molecule is C=CC(C)=CC=C(C)C12CCCC(c3ccc(C)cc3)(CC1)CC2. The molecule has 3 fully saturated rings. The van der Waals surface area contributed by atoms with Crippen LogP contribution < -0.4 is 0 Å².